The van der Waals surface area contributed by atoms with Gasteiger partial charge in [0.1, 0.15) is 0 Å². The van der Waals surface area contributed by atoms with E-state index in [0.29, 0.717) is 22.1 Å². The smallest absolute Gasteiger partial charge is 0.212 e. The molecule has 6 heteroatoms. The van der Waals surface area contributed by atoms with Gasteiger partial charge in [-0.1, -0.05) is 28.9 Å². The maximum absolute atomic E-state index is 5.87. The van der Waals surface area contributed by atoms with Gasteiger partial charge in [0.05, 0.1) is 5.56 Å². The molecule has 0 aliphatic carbocycles. The summed E-state index contributed by atoms with van der Waals surface area (Å²) in [5, 5.41) is 4.68. The molecule has 0 unspecified atom stereocenters. The Labute approximate surface area is 118 Å². The van der Waals surface area contributed by atoms with Crippen molar-refractivity contribution in [1.29, 1.82) is 0 Å². The lowest BCUT2D eigenvalue weighted by Gasteiger charge is -2.00. The number of aromatic nitrogens is 1. The molecule has 0 radical (unpaired) electrons. The van der Waals surface area contributed by atoms with E-state index >= 15 is 0 Å². The van der Waals surface area contributed by atoms with Crippen LogP contribution < -0.4 is 5.73 Å². The molecule has 0 aliphatic heterocycles. The van der Waals surface area contributed by atoms with Crippen LogP contribution in [0.2, 0.25) is 10.2 Å². The molecule has 3 rings (SSSR count). The van der Waals surface area contributed by atoms with Gasteiger partial charge in [-0.3, -0.25) is 0 Å². The van der Waals surface area contributed by atoms with Crippen LogP contribution in [-0.4, -0.2) is 5.16 Å². The summed E-state index contributed by atoms with van der Waals surface area (Å²) in [6, 6.07) is 10.5. The number of hydrogen-bond donors (Lipinski definition) is 1. The normalized spacial score (nSPS) is 10.8. The molecule has 0 amide bonds. The highest BCUT2D eigenvalue weighted by Crippen LogP contribution is 2.38. The summed E-state index contributed by atoms with van der Waals surface area (Å²) >= 11 is 11.6. The van der Waals surface area contributed by atoms with E-state index in [2.05, 4.69) is 5.16 Å². The summed E-state index contributed by atoms with van der Waals surface area (Å²) in [5.74, 6) is 1.19. The highest BCUT2D eigenvalue weighted by atomic mass is 35.5. The number of rotatable bonds is 2. The fourth-order valence-electron chi connectivity index (χ4n) is 1.80. The summed E-state index contributed by atoms with van der Waals surface area (Å²) in [5.41, 5.74) is 7.34. The number of benzene rings is 1. The first kappa shape index (κ1) is 12.1. The van der Waals surface area contributed by atoms with Crippen molar-refractivity contribution < 1.29 is 8.94 Å². The van der Waals surface area contributed by atoms with Crippen LogP contribution >= 0.6 is 23.2 Å². The highest BCUT2D eigenvalue weighted by molar-refractivity contribution is 6.30. The molecular weight excluding hydrogens is 287 g/mol. The largest absolute Gasteiger partial charge is 0.441 e. The van der Waals surface area contributed by atoms with Gasteiger partial charge >= 0.3 is 0 Å². The van der Waals surface area contributed by atoms with Crippen molar-refractivity contribution in [2.24, 2.45) is 0 Å². The Morgan fingerprint density at radius 1 is 1.00 bits per heavy atom. The molecular formula is C13H8Cl2N2O2. The Balaban J connectivity index is 2.16. The van der Waals surface area contributed by atoms with Crippen LogP contribution in [0.3, 0.4) is 0 Å². The third kappa shape index (κ3) is 2.20. The van der Waals surface area contributed by atoms with E-state index < -0.39 is 0 Å². The van der Waals surface area contributed by atoms with E-state index in [1.54, 1.807) is 24.3 Å². The zero-order valence-electron chi connectivity index (χ0n) is 9.56. The zero-order valence-corrected chi connectivity index (χ0v) is 11.1. The van der Waals surface area contributed by atoms with E-state index in [9.17, 15) is 0 Å². The van der Waals surface area contributed by atoms with Crippen LogP contribution in [0.25, 0.3) is 22.6 Å². The number of nitrogens with zero attached hydrogens (tertiary/aromatic N) is 1. The lowest BCUT2D eigenvalue weighted by atomic mass is 10.0. The highest BCUT2D eigenvalue weighted by Gasteiger charge is 2.20. The van der Waals surface area contributed by atoms with Crippen molar-refractivity contribution in [3.63, 3.8) is 0 Å². The molecule has 4 nitrogen and oxygen atoms in total. The van der Waals surface area contributed by atoms with Gasteiger partial charge in [0.15, 0.2) is 16.8 Å². The summed E-state index contributed by atoms with van der Waals surface area (Å²) in [4.78, 5) is 0. The van der Waals surface area contributed by atoms with Crippen LogP contribution in [0.1, 0.15) is 0 Å². The van der Waals surface area contributed by atoms with Gasteiger partial charge in [-0.25, -0.2) is 0 Å². The maximum atomic E-state index is 5.87. The predicted molar refractivity (Wildman–Crippen MR) is 74.1 cm³/mol. The molecule has 1 aromatic carbocycles. The molecule has 0 saturated heterocycles. The van der Waals surface area contributed by atoms with Gasteiger partial charge in [0.25, 0.3) is 0 Å². The molecule has 0 fully saturated rings. The van der Waals surface area contributed by atoms with Crippen LogP contribution in [0.4, 0.5) is 5.82 Å². The Bertz CT molecular complexity index is 717. The summed E-state index contributed by atoms with van der Waals surface area (Å²) in [6.07, 6.45) is 0. The molecule has 19 heavy (non-hydrogen) atoms. The van der Waals surface area contributed by atoms with E-state index in [1.165, 1.54) is 0 Å². The van der Waals surface area contributed by atoms with Crippen LogP contribution in [0, 0.1) is 0 Å². The van der Waals surface area contributed by atoms with Crippen molar-refractivity contribution in [2.45, 2.75) is 0 Å². The van der Waals surface area contributed by atoms with Crippen molar-refractivity contribution >= 4 is 29.0 Å². The third-order valence-corrected chi connectivity index (χ3v) is 3.10. The van der Waals surface area contributed by atoms with Gasteiger partial charge in [0, 0.05) is 5.02 Å². The van der Waals surface area contributed by atoms with Crippen LogP contribution in [-0.2, 0) is 0 Å². The van der Waals surface area contributed by atoms with Crippen LogP contribution in [0.5, 0.6) is 0 Å². The molecule has 2 heterocycles. The van der Waals surface area contributed by atoms with Gasteiger partial charge in [-0.2, -0.15) is 0 Å². The molecule has 0 bridgehead atoms. The topological polar surface area (TPSA) is 65.2 Å². The number of nitrogen functional groups attached to an aromatic ring is 1. The fraction of sp³-hybridized carbons (Fsp3) is 0. The number of nitrogens with two attached hydrogens (primary N) is 1. The summed E-state index contributed by atoms with van der Waals surface area (Å²) in [7, 11) is 0. The van der Waals surface area contributed by atoms with Crippen molar-refractivity contribution in [3.8, 4) is 22.6 Å². The second-order valence-corrected chi connectivity index (χ2v) is 4.69. The number of anilines is 1. The van der Waals surface area contributed by atoms with E-state index in [0.717, 1.165) is 5.56 Å². The number of halogens is 2. The standard InChI is InChI=1S/C13H8Cl2N2O2/c14-8-3-1-7(2-4-8)11-12(19-17-13(11)16)9-5-6-10(15)18-9/h1-6H,(H2,16,17). The Morgan fingerprint density at radius 2 is 1.74 bits per heavy atom. The molecule has 0 spiro atoms. The molecule has 3 aromatic rings. The lowest BCUT2D eigenvalue weighted by molar-refractivity contribution is 0.421. The quantitative estimate of drug-likeness (QED) is 0.756. The molecule has 0 aliphatic rings. The van der Waals surface area contributed by atoms with Gasteiger partial charge in [0.2, 0.25) is 5.76 Å². The molecule has 2 N–H and O–H groups in total. The van der Waals surface area contributed by atoms with Crippen LogP contribution in [0.15, 0.2) is 45.3 Å². The second kappa shape index (κ2) is 4.64. The minimum atomic E-state index is 0.270. The minimum absolute atomic E-state index is 0.270. The Morgan fingerprint density at radius 3 is 2.37 bits per heavy atom. The predicted octanol–water partition coefficient (Wildman–Crippen LogP) is 4.49. The Kier molecular flexibility index (Phi) is 2.97. The Hall–Kier alpha value is -1.91. The SMILES string of the molecule is Nc1noc(-c2ccc(Cl)o2)c1-c1ccc(Cl)cc1. The van der Waals surface area contributed by atoms with E-state index in [1.807, 2.05) is 12.1 Å². The van der Waals surface area contributed by atoms with Gasteiger partial charge in [-0.15, -0.1) is 0 Å². The first-order valence-corrected chi connectivity index (χ1v) is 6.17. The number of hydrogen-bond acceptors (Lipinski definition) is 4. The first-order valence-electron chi connectivity index (χ1n) is 5.42. The third-order valence-electron chi connectivity index (χ3n) is 2.65. The minimum Gasteiger partial charge on any atom is -0.441 e. The van der Waals surface area contributed by atoms with E-state index in [4.69, 9.17) is 37.9 Å². The second-order valence-electron chi connectivity index (χ2n) is 3.88. The lowest BCUT2D eigenvalue weighted by Crippen LogP contribution is -1.88. The van der Waals surface area contributed by atoms with Crippen molar-refractivity contribution in [2.75, 3.05) is 5.73 Å². The fourth-order valence-corrected chi connectivity index (χ4v) is 2.07. The number of furan rings is 1. The monoisotopic (exact) mass is 294 g/mol. The average molecular weight is 295 g/mol. The van der Waals surface area contributed by atoms with Crippen molar-refractivity contribution in [3.05, 3.63) is 46.6 Å². The molecule has 0 saturated carbocycles. The summed E-state index contributed by atoms with van der Waals surface area (Å²) < 4.78 is 10.5. The van der Waals surface area contributed by atoms with Gasteiger partial charge in [-0.05, 0) is 41.4 Å². The molecule has 0 atom stereocenters. The molecule has 2 aromatic heterocycles. The summed E-state index contributed by atoms with van der Waals surface area (Å²) in [6.45, 7) is 0. The molecule has 96 valence electrons. The first-order chi connectivity index (χ1) is 9.15. The van der Waals surface area contributed by atoms with E-state index in [-0.39, 0.29) is 11.0 Å². The average Bonchev–Trinajstić information content (AvgIpc) is 2.97. The van der Waals surface area contributed by atoms with Gasteiger partial charge < -0.3 is 14.7 Å². The maximum Gasteiger partial charge on any atom is 0.212 e. The van der Waals surface area contributed by atoms with Crippen molar-refractivity contribution in [1.82, 2.24) is 5.16 Å². The zero-order chi connectivity index (χ0) is 13.4.